The summed E-state index contributed by atoms with van der Waals surface area (Å²) in [5.74, 6) is 0.0447. The van der Waals surface area contributed by atoms with Gasteiger partial charge in [0, 0.05) is 18.7 Å². The van der Waals surface area contributed by atoms with Crippen LogP contribution in [0.2, 0.25) is 5.02 Å². The van der Waals surface area contributed by atoms with Crippen LogP contribution in [0.25, 0.3) is 0 Å². The predicted octanol–water partition coefficient (Wildman–Crippen LogP) is 1.69. The molecular formula is C13H16ClN3OS. The highest BCUT2D eigenvalue weighted by atomic mass is 35.5. The van der Waals surface area contributed by atoms with Crippen LogP contribution in [0.3, 0.4) is 0 Å². The number of anilines is 1. The van der Waals surface area contributed by atoms with Gasteiger partial charge in [-0.3, -0.25) is 4.79 Å². The van der Waals surface area contributed by atoms with Gasteiger partial charge in [0.1, 0.15) is 11.0 Å². The number of nitrogens with zero attached hydrogens (tertiary/aromatic N) is 1. The fourth-order valence-electron chi connectivity index (χ4n) is 2.30. The molecule has 1 aliphatic rings. The van der Waals surface area contributed by atoms with Crippen LogP contribution in [-0.4, -0.2) is 30.0 Å². The standard InChI is InChI=1S/C13H16ClN3OS/c1-2-10-13(18)16-5-6-17(10)11-4-3-8(12(15)19)7-9(11)14/h3-4,7,10H,2,5-6H2,1H3,(H2,15,19)(H,16,18). The molecule has 1 heterocycles. The summed E-state index contributed by atoms with van der Waals surface area (Å²) in [6, 6.07) is 5.28. The second-order valence-electron chi connectivity index (χ2n) is 4.44. The highest BCUT2D eigenvalue weighted by molar-refractivity contribution is 7.80. The first-order valence-corrected chi connectivity index (χ1v) is 6.97. The zero-order valence-corrected chi connectivity index (χ0v) is 12.2. The lowest BCUT2D eigenvalue weighted by atomic mass is 10.1. The zero-order chi connectivity index (χ0) is 14.0. The zero-order valence-electron chi connectivity index (χ0n) is 10.6. The first kappa shape index (κ1) is 14.1. The molecule has 0 bridgehead atoms. The molecule has 4 nitrogen and oxygen atoms in total. The van der Waals surface area contributed by atoms with E-state index in [1.54, 1.807) is 6.07 Å². The molecule has 0 aromatic heterocycles. The first-order chi connectivity index (χ1) is 9.04. The summed E-state index contributed by atoms with van der Waals surface area (Å²) in [6.45, 7) is 3.36. The summed E-state index contributed by atoms with van der Waals surface area (Å²) in [4.78, 5) is 14.2. The number of hydrogen-bond acceptors (Lipinski definition) is 3. The van der Waals surface area contributed by atoms with Crippen molar-refractivity contribution < 1.29 is 4.79 Å². The van der Waals surface area contributed by atoms with Gasteiger partial charge < -0.3 is 16.0 Å². The molecule has 1 unspecified atom stereocenters. The van der Waals surface area contributed by atoms with Crippen LogP contribution >= 0.6 is 23.8 Å². The van der Waals surface area contributed by atoms with Crippen LogP contribution < -0.4 is 16.0 Å². The van der Waals surface area contributed by atoms with E-state index >= 15 is 0 Å². The third-order valence-corrected chi connectivity index (χ3v) is 3.80. The number of carbonyl (C=O) groups is 1. The monoisotopic (exact) mass is 297 g/mol. The Hall–Kier alpha value is -1.33. The van der Waals surface area contributed by atoms with E-state index < -0.39 is 0 Å². The number of thiocarbonyl (C=S) groups is 1. The van der Waals surface area contributed by atoms with Crippen LogP contribution in [0, 0.1) is 0 Å². The second kappa shape index (κ2) is 5.75. The van der Waals surface area contributed by atoms with E-state index in [9.17, 15) is 4.79 Å². The lowest BCUT2D eigenvalue weighted by Crippen LogP contribution is -2.55. The van der Waals surface area contributed by atoms with Crippen molar-refractivity contribution in [2.45, 2.75) is 19.4 Å². The SMILES string of the molecule is CCC1C(=O)NCCN1c1ccc(C(N)=S)cc1Cl. The lowest BCUT2D eigenvalue weighted by Gasteiger charge is -2.36. The topological polar surface area (TPSA) is 58.4 Å². The van der Waals surface area contributed by atoms with Gasteiger partial charge in [-0.2, -0.15) is 0 Å². The normalized spacial score (nSPS) is 19.2. The van der Waals surface area contributed by atoms with E-state index in [1.165, 1.54) is 0 Å². The molecule has 0 radical (unpaired) electrons. The molecule has 1 amide bonds. The molecule has 1 aromatic carbocycles. The number of amides is 1. The summed E-state index contributed by atoms with van der Waals surface area (Å²) < 4.78 is 0. The smallest absolute Gasteiger partial charge is 0.242 e. The Balaban J connectivity index is 2.35. The van der Waals surface area contributed by atoms with Gasteiger partial charge in [0.05, 0.1) is 10.7 Å². The summed E-state index contributed by atoms with van der Waals surface area (Å²) in [5, 5.41) is 3.44. The maximum Gasteiger partial charge on any atom is 0.242 e. The van der Waals surface area contributed by atoms with Crippen molar-refractivity contribution in [1.82, 2.24) is 5.32 Å². The van der Waals surface area contributed by atoms with Crippen LogP contribution in [0.4, 0.5) is 5.69 Å². The fraction of sp³-hybridized carbons (Fsp3) is 0.385. The molecule has 3 N–H and O–H groups in total. The maximum atomic E-state index is 11.9. The maximum absolute atomic E-state index is 11.9. The average molecular weight is 298 g/mol. The van der Waals surface area contributed by atoms with Crippen LogP contribution in [0.1, 0.15) is 18.9 Å². The quantitative estimate of drug-likeness (QED) is 0.834. The molecular weight excluding hydrogens is 282 g/mol. The van der Waals surface area contributed by atoms with E-state index in [0.29, 0.717) is 16.6 Å². The van der Waals surface area contributed by atoms with Gasteiger partial charge in [-0.05, 0) is 24.6 Å². The van der Waals surface area contributed by atoms with Crippen LogP contribution in [-0.2, 0) is 4.79 Å². The average Bonchev–Trinajstić information content (AvgIpc) is 2.38. The van der Waals surface area contributed by atoms with Crippen molar-refractivity contribution in [3.05, 3.63) is 28.8 Å². The van der Waals surface area contributed by atoms with Gasteiger partial charge in [-0.1, -0.05) is 30.7 Å². The largest absolute Gasteiger partial charge is 0.389 e. The third-order valence-electron chi connectivity index (χ3n) is 3.26. The van der Waals surface area contributed by atoms with E-state index in [2.05, 4.69) is 5.32 Å². The van der Waals surface area contributed by atoms with Gasteiger partial charge in [-0.15, -0.1) is 0 Å². The van der Waals surface area contributed by atoms with Gasteiger partial charge in [-0.25, -0.2) is 0 Å². The summed E-state index contributed by atoms with van der Waals surface area (Å²) in [6.07, 6.45) is 0.735. The van der Waals surface area contributed by atoms with Gasteiger partial charge in [0.15, 0.2) is 0 Å². The number of hydrogen-bond donors (Lipinski definition) is 2. The summed E-state index contributed by atoms with van der Waals surface area (Å²) >= 11 is 11.2. The Morgan fingerprint density at radius 2 is 2.37 bits per heavy atom. The van der Waals surface area contributed by atoms with E-state index in [-0.39, 0.29) is 11.9 Å². The van der Waals surface area contributed by atoms with Gasteiger partial charge in [0.25, 0.3) is 0 Å². The van der Waals surface area contributed by atoms with Crippen molar-refractivity contribution >= 4 is 40.4 Å². The Morgan fingerprint density at radius 3 is 2.95 bits per heavy atom. The number of nitrogens with one attached hydrogen (secondary N) is 1. The van der Waals surface area contributed by atoms with Gasteiger partial charge >= 0.3 is 0 Å². The number of rotatable bonds is 3. The van der Waals surface area contributed by atoms with Crippen LogP contribution in [0.15, 0.2) is 18.2 Å². The van der Waals surface area contributed by atoms with E-state index in [1.807, 2.05) is 24.0 Å². The van der Waals surface area contributed by atoms with E-state index in [4.69, 9.17) is 29.6 Å². The van der Waals surface area contributed by atoms with Crippen molar-refractivity contribution in [2.24, 2.45) is 5.73 Å². The first-order valence-electron chi connectivity index (χ1n) is 6.18. The fourth-order valence-corrected chi connectivity index (χ4v) is 2.72. The molecule has 1 saturated heterocycles. The minimum Gasteiger partial charge on any atom is -0.389 e. The Morgan fingerprint density at radius 1 is 1.63 bits per heavy atom. The van der Waals surface area contributed by atoms with Crippen molar-refractivity contribution in [2.75, 3.05) is 18.0 Å². The number of benzene rings is 1. The van der Waals surface area contributed by atoms with Crippen molar-refractivity contribution in [3.63, 3.8) is 0 Å². The Labute approximate surface area is 122 Å². The molecule has 1 fully saturated rings. The molecule has 1 aliphatic heterocycles. The van der Waals surface area contributed by atoms with Crippen molar-refractivity contribution in [3.8, 4) is 0 Å². The van der Waals surface area contributed by atoms with Gasteiger partial charge in [0.2, 0.25) is 5.91 Å². The molecule has 0 spiro atoms. The minimum atomic E-state index is -0.179. The highest BCUT2D eigenvalue weighted by Crippen LogP contribution is 2.30. The number of carbonyl (C=O) groups excluding carboxylic acids is 1. The molecule has 0 aliphatic carbocycles. The van der Waals surface area contributed by atoms with E-state index in [0.717, 1.165) is 24.2 Å². The summed E-state index contributed by atoms with van der Waals surface area (Å²) in [5.41, 5.74) is 7.17. The lowest BCUT2D eigenvalue weighted by molar-refractivity contribution is -0.123. The molecule has 1 atom stereocenters. The summed E-state index contributed by atoms with van der Waals surface area (Å²) in [7, 11) is 0. The molecule has 2 rings (SSSR count). The Kier molecular flexibility index (Phi) is 4.27. The van der Waals surface area contributed by atoms with Crippen molar-refractivity contribution in [1.29, 1.82) is 0 Å². The number of halogens is 1. The Bertz CT molecular complexity index is 521. The second-order valence-corrected chi connectivity index (χ2v) is 5.29. The molecule has 0 saturated carbocycles. The molecule has 102 valence electrons. The predicted molar refractivity (Wildman–Crippen MR) is 81.8 cm³/mol. The number of nitrogens with two attached hydrogens (primary N) is 1. The third kappa shape index (κ3) is 2.82. The molecule has 6 heteroatoms. The highest BCUT2D eigenvalue weighted by Gasteiger charge is 2.29. The molecule has 19 heavy (non-hydrogen) atoms. The molecule has 1 aromatic rings. The van der Waals surface area contributed by atoms with Crippen LogP contribution in [0.5, 0.6) is 0 Å². The minimum absolute atomic E-state index is 0.0447. The number of piperazine rings is 1.